The third-order valence-electron chi connectivity index (χ3n) is 3.99. The largest absolute Gasteiger partial charge is 0.330 e. The Labute approximate surface area is 111 Å². The highest BCUT2D eigenvalue weighted by molar-refractivity contribution is 7.11. The SMILES string of the molecule is Cc1nc(C(=O)N2C3CCNCC2CC3)c(C)s1. The smallest absolute Gasteiger partial charge is 0.274 e. The number of hydrogen-bond donors (Lipinski definition) is 1. The van der Waals surface area contributed by atoms with Gasteiger partial charge in [-0.1, -0.05) is 0 Å². The Hall–Kier alpha value is -0.940. The monoisotopic (exact) mass is 265 g/mol. The summed E-state index contributed by atoms with van der Waals surface area (Å²) in [6.45, 7) is 5.92. The molecule has 18 heavy (non-hydrogen) atoms. The van der Waals surface area contributed by atoms with Crippen LogP contribution in [0.25, 0.3) is 0 Å². The predicted molar refractivity (Wildman–Crippen MR) is 72.1 cm³/mol. The third-order valence-corrected chi connectivity index (χ3v) is 4.88. The van der Waals surface area contributed by atoms with Gasteiger partial charge in [-0.25, -0.2) is 4.98 Å². The molecule has 2 bridgehead atoms. The first kappa shape index (κ1) is 12.1. The summed E-state index contributed by atoms with van der Waals surface area (Å²) >= 11 is 1.62. The van der Waals surface area contributed by atoms with E-state index in [9.17, 15) is 4.79 Å². The fourth-order valence-electron chi connectivity index (χ4n) is 3.16. The number of carbonyl (C=O) groups is 1. The number of hydrogen-bond acceptors (Lipinski definition) is 4. The van der Waals surface area contributed by atoms with Crippen molar-refractivity contribution in [2.24, 2.45) is 0 Å². The summed E-state index contributed by atoms with van der Waals surface area (Å²) < 4.78 is 0. The molecule has 1 amide bonds. The van der Waals surface area contributed by atoms with E-state index < -0.39 is 0 Å². The minimum atomic E-state index is 0.146. The zero-order valence-electron chi connectivity index (χ0n) is 10.9. The van der Waals surface area contributed by atoms with Crippen LogP contribution in [0.1, 0.15) is 39.6 Å². The summed E-state index contributed by atoms with van der Waals surface area (Å²) in [5.41, 5.74) is 0.677. The topological polar surface area (TPSA) is 45.2 Å². The Bertz CT molecular complexity index is 457. The van der Waals surface area contributed by atoms with Gasteiger partial charge >= 0.3 is 0 Å². The summed E-state index contributed by atoms with van der Waals surface area (Å²) in [5.74, 6) is 0.146. The lowest BCUT2D eigenvalue weighted by Crippen LogP contribution is -2.42. The van der Waals surface area contributed by atoms with E-state index in [-0.39, 0.29) is 5.91 Å². The molecule has 2 aliphatic rings. The van der Waals surface area contributed by atoms with Crippen LogP contribution in [-0.2, 0) is 0 Å². The molecule has 2 atom stereocenters. The van der Waals surface area contributed by atoms with Crippen molar-refractivity contribution < 1.29 is 4.79 Å². The average molecular weight is 265 g/mol. The van der Waals surface area contributed by atoms with Gasteiger partial charge in [0.25, 0.3) is 5.91 Å². The summed E-state index contributed by atoms with van der Waals surface area (Å²) in [6.07, 6.45) is 3.36. The fraction of sp³-hybridized carbons (Fsp3) is 0.692. The highest BCUT2D eigenvalue weighted by atomic mass is 32.1. The third kappa shape index (κ3) is 1.95. The van der Waals surface area contributed by atoms with Crippen molar-refractivity contribution in [3.8, 4) is 0 Å². The van der Waals surface area contributed by atoms with E-state index in [0.717, 1.165) is 42.2 Å². The van der Waals surface area contributed by atoms with Crippen molar-refractivity contribution in [3.05, 3.63) is 15.6 Å². The maximum Gasteiger partial charge on any atom is 0.274 e. The van der Waals surface area contributed by atoms with Gasteiger partial charge in [0, 0.05) is 23.5 Å². The van der Waals surface area contributed by atoms with Gasteiger partial charge in [-0.05, 0) is 39.7 Å². The molecule has 4 nitrogen and oxygen atoms in total. The number of aryl methyl sites for hydroxylation is 2. The van der Waals surface area contributed by atoms with E-state index in [4.69, 9.17) is 0 Å². The Balaban J connectivity index is 1.90. The molecular formula is C13H19N3OS. The Morgan fingerprint density at radius 2 is 2.11 bits per heavy atom. The summed E-state index contributed by atoms with van der Waals surface area (Å²) in [4.78, 5) is 20.3. The van der Waals surface area contributed by atoms with E-state index in [1.165, 1.54) is 0 Å². The maximum absolute atomic E-state index is 12.7. The van der Waals surface area contributed by atoms with Gasteiger partial charge in [0.05, 0.1) is 5.01 Å². The van der Waals surface area contributed by atoms with Crippen LogP contribution in [0, 0.1) is 13.8 Å². The van der Waals surface area contributed by atoms with Gasteiger partial charge < -0.3 is 10.2 Å². The molecule has 2 saturated heterocycles. The lowest BCUT2D eigenvalue weighted by Gasteiger charge is -2.27. The second kappa shape index (κ2) is 4.63. The van der Waals surface area contributed by atoms with Crippen LogP contribution >= 0.6 is 11.3 Å². The van der Waals surface area contributed by atoms with Crippen LogP contribution in [0.5, 0.6) is 0 Å². The van der Waals surface area contributed by atoms with Crippen LogP contribution in [0.4, 0.5) is 0 Å². The van der Waals surface area contributed by atoms with Crippen molar-refractivity contribution in [2.75, 3.05) is 13.1 Å². The molecule has 0 saturated carbocycles. The van der Waals surface area contributed by atoms with Crippen molar-refractivity contribution in [1.29, 1.82) is 0 Å². The number of aromatic nitrogens is 1. The normalized spacial score (nSPS) is 27.3. The molecule has 0 radical (unpaired) electrons. The molecule has 5 heteroatoms. The lowest BCUT2D eigenvalue weighted by molar-refractivity contribution is 0.0674. The van der Waals surface area contributed by atoms with Gasteiger partial charge in [0.2, 0.25) is 0 Å². The standard InChI is InChI=1S/C13H19N3OS/c1-8-12(15-9(2)18-8)13(17)16-10-3-4-11(16)7-14-6-5-10/h10-11,14H,3-7H2,1-2H3. The molecule has 2 fully saturated rings. The van der Waals surface area contributed by atoms with Crippen molar-refractivity contribution in [2.45, 2.75) is 45.2 Å². The van der Waals surface area contributed by atoms with Crippen LogP contribution in [0.3, 0.4) is 0 Å². The van der Waals surface area contributed by atoms with Gasteiger partial charge in [-0.2, -0.15) is 0 Å². The Morgan fingerprint density at radius 1 is 1.33 bits per heavy atom. The average Bonchev–Trinajstić information content (AvgIpc) is 2.76. The van der Waals surface area contributed by atoms with Gasteiger partial charge in [0.1, 0.15) is 5.69 Å². The summed E-state index contributed by atoms with van der Waals surface area (Å²) in [5, 5.41) is 4.41. The Morgan fingerprint density at radius 3 is 2.83 bits per heavy atom. The molecule has 2 unspecified atom stereocenters. The van der Waals surface area contributed by atoms with Crippen molar-refractivity contribution in [3.63, 3.8) is 0 Å². The molecule has 1 N–H and O–H groups in total. The van der Waals surface area contributed by atoms with Crippen LogP contribution in [0.2, 0.25) is 0 Å². The second-order valence-electron chi connectivity index (χ2n) is 5.23. The minimum Gasteiger partial charge on any atom is -0.330 e. The zero-order chi connectivity index (χ0) is 12.7. The molecule has 0 aromatic carbocycles. The first-order chi connectivity index (χ1) is 8.66. The lowest BCUT2D eigenvalue weighted by atomic mass is 10.1. The molecule has 1 aromatic rings. The number of amides is 1. The molecule has 0 spiro atoms. The van der Waals surface area contributed by atoms with Crippen LogP contribution in [0.15, 0.2) is 0 Å². The predicted octanol–water partition coefficient (Wildman–Crippen LogP) is 1.73. The van der Waals surface area contributed by atoms with Crippen molar-refractivity contribution >= 4 is 17.2 Å². The summed E-state index contributed by atoms with van der Waals surface area (Å²) in [7, 11) is 0. The van der Waals surface area contributed by atoms with Crippen molar-refractivity contribution in [1.82, 2.24) is 15.2 Å². The van der Waals surface area contributed by atoms with E-state index in [1.807, 2.05) is 13.8 Å². The zero-order valence-corrected chi connectivity index (χ0v) is 11.7. The fourth-order valence-corrected chi connectivity index (χ4v) is 3.97. The molecule has 3 rings (SSSR count). The van der Waals surface area contributed by atoms with Crippen LogP contribution in [-0.4, -0.2) is 41.0 Å². The highest BCUT2D eigenvalue weighted by Crippen LogP contribution is 2.30. The highest BCUT2D eigenvalue weighted by Gasteiger charge is 2.39. The van der Waals surface area contributed by atoms with Crippen LogP contribution < -0.4 is 5.32 Å². The molecule has 98 valence electrons. The Kier molecular flexibility index (Phi) is 3.11. The number of carbonyl (C=O) groups excluding carboxylic acids is 1. The van der Waals surface area contributed by atoms with E-state index >= 15 is 0 Å². The van der Waals surface area contributed by atoms with E-state index in [2.05, 4.69) is 15.2 Å². The first-order valence-electron chi connectivity index (χ1n) is 6.64. The summed E-state index contributed by atoms with van der Waals surface area (Å²) in [6, 6.07) is 0.783. The quantitative estimate of drug-likeness (QED) is 0.841. The molecule has 2 aliphatic heterocycles. The number of rotatable bonds is 1. The number of nitrogens with one attached hydrogen (secondary N) is 1. The van der Waals surface area contributed by atoms with E-state index in [1.54, 1.807) is 11.3 Å². The van der Waals surface area contributed by atoms with Gasteiger partial charge in [0.15, 0.2) is 0 Å². The number of fused-ring (bicyclic) bond motifs is 2. The van der Waals surface area contributed by atoms with E-state index in [0.29, 0.717) is 17.8 Å². The number of nitrogens with zero attached hydrogens (tertiary/aromatic N) is 2. The first-order valence-corrected chi connectivity index (χ1v) is 7.46. The van der Waals surface area contributed by atoms with Gasteiger partial charge in [-0.3, -0.25) is 4.79 Å². The maximum atomic E-state index is 12.7. The second-order valence-corrected chi connectivity index (χ2v) is 6.64. The molecule has 1 aromatic heterocycles. The molecule has 0 aliphatic carbocycles. The molecular weight excluding hydrogens is 246 g/mol. The number of thiazole rings is 1. The van der Waals surface area contributed by atoms with Gasteiger partial charge in [-0.15, -0.1) is 11.3 Å². The minimum absolute atomic E-state index is 0.146. The molecule has 3 heterocycles.